The van der Waals surface area contributed by atoms with Gasteiger partial charge in [0, 0.05) is 4.57 Å². The normalized spacial score (nSPS) is 25.3. The Balaban J connectivity index is 1.93. The minimum Gasteiger partial charge on any atom is -0.127 e. The highest BCUT2D eigenvalue weighted by molar-refractivity contribution is 7.32. The number of hydrogen-bond acceptors (Lipinski definition) is 3. The summed E-state index contributed by atoms with van der Waals surface area (Å²) in [6.07, 6.45) is 7.15. The van der Waals surface area contributed by atoms with Crippen molar-refractivity contribution in [2.45, 2.75) is 52.4 Å². The molecule has 0 spiro atoms. The maximum Gasteiger partial charge on any atom is 0.803 e. The fourth-order valence-corrected chi connectivity index (χ4v) is 4.54. The van der Waals surface area contributed by atoms with Gasteiger partial charge in [-0.2, -0.15) is 0 Å². The van der Waals surface area contributed by atoms with Crippen LogP contribution in [0, 0.1) is 0 Å². The molecule has 2 aliphatic heterocycles. The van der Waals surface area contributed by atoms with E-state index in [0.717, 1.165) is 65.0 Å². The summed E-state index contributed by atoms with van der Waals surface area (Å²) in [5.41, 5.74) is 0. The highest BCUT2D eigenvalue weighted by Crippen LogP contribution is 2.37. The molecule has 0 N–H and O–H groups in total. The summed E-state index contributed by atoms with van der Waals surface area (Å²) in [6, 6.07) is 0. The summed E-state index contributed by atoms with van der Waals surface area (Å²) < 4.78 is 25.1. The Morgan fingerprint density at radius 3 is 1.40 bits per heavy atom. The van der Waals surface area contributed by atoms with E-state index in [2.05, 4.69) is 13.8 Å². The van der Waals surface area contributed by atoms with Gasteiger partial charge in [0.2, 0.25) is 0 Å². The summed E-state index contributed by atoms with van der Waals surface area (Å²) in [5.74, 6) is 0. The Hall–Kier alpha value is -0.0600. The topological polar surface area (TPSA) is 35.5 Å². The number of piperidine rings is 2. The molecular weight excluding hydrogens is 275 g/mol. The van der Waals surface area contributed by atoms with Gasteiger partial charge < -0.3 is 0 Å². The van der Waals surface area contributed by atoms with E-state index in [0.29, 0.717) is 9.29 Å². The quantitative estimate of drug-likeness (QED) is 0.556. The molecule has 2 saturated heterocycles. The van der Waals surface area contributed by atoms with E-state index in [4.69, 9.17) is 9.25 Å². The Bertz CT molecular complexity index is 296. The minimum absolute atomic E-state index is 0.513. The van der Waals surface area contributed by atoms with Crippen molar-refractivity contribution >= 4 is 8.25 Å². The second kappa shape index (κ2) is 7.28. The first kappa shape index (κ1) is 16.3. The van der Waals surface area contributed by atoms with Gasteiger partial charge in [0.1, 0.15) is 39.3 Å². The highest BCUT2D eigenvalue weighted by atomic mass is 31.1. The molecule has 0 amide bonds. The summed E-state index contributed by atoms with van der Waals surface area (Å²) in [4.78, 5) is 0. The summed E-state index contributed by atoms with van der Waals surface area (Å²) in [5, 5.41) is 0. The number of nitrogens with zero attached hydrogens (tertiary/aromatic N) is 2. The molecule has 2 heterocycles. The Kier molecular flexibility index (Phi) is 5.94. The van der Waals surface area contributed by atoms with E-state index in [9.17, 15) is 4.57 Å². The minimum atomic E-state index is -2.04. The van der Waals surface area contributed by atoms with Crippen LogP contribution in [0.2, 0.25) is 0 Å². The van der Waals surface area contributed by atoms with Gasteiger partial charge in [0.15, 0.2) is 0 Å². The molecule has 0 aromatic heterocycles. The number of hydrogen-bond donors (Lipinski definition) is 0. The number of hydroxylamine groups is 6. The van der Waals surface area contributed by atoms with Gasteiger partial charge in [0.25, 0.3) is 0 Å². The lowest BCUT2D eigenvalue weighted by molar-refractivity contribution is -1.10. The average Bonchev–Trinajstić information content (AvgIpc) is 2.49. The first-order valence-corrected chi connectivity index (χ1v) is 9.32. The van der Waals surface area contributed by atoms with Crippen LogP contribution in [0.5, 0.6) is 0 Å². The summed E-state index contributed by atoms with van der Waals surface area (Å²) in [6.45, 7) is 9.83. The van der Waals surface area contributed by atoms with Crippen molar-refractivity contribution in [3.8, 4) is 0 Å². The largest absolute Gasteiger partial charge is 0.803 e. The van der Waals surface area contributed by atoms with E-state index >= 15 is 0 Å². The number of rotatable bonds is 6. The molecule has 2 rings (SSSR count). The molecule has 2 fully saturated rings. The predicted octanol–water partition coefficient (Wildman–Crippen LogP) is 3.55. The van der Waals surface area contributed by atoms with Gasteiger partial charge in [-0.15, -0.1) is 9.29 Å². The number of quaternary nitrogens is 2. The lowest BCUT2D eigenvalue weighted by Gasteiger charge is -2.33. The molecule has 6 heteroatoms. The molecular formula is C14H30N2O3P+3. The molecule has 0 unspecified atom stereocenters. The molecule has 0 aliphatic carbocycles. The fraction of sp³-hybridized carbons (Fsp3) is 1.00. The van der Waals surface area contributed by atoms with Gasteiger partial charge >= 0.3 is 8.25 Å². The molecule has 0 atom stereocenters. The predicted molar refractivity (Wildman–Crippen MR) is 78.5 cm³/mol. The third-order valence-corrected chi connectivity index (χ3v) is 5.85. The third-order valence-electron chi connectivity index (χ3n) is 4.89. The Labute approximate surface area is 123 Å². The van der Waals surface area contributed by atoms with Crippen LogP contribution < -0.4 is 0 Å². The molecule has 0 saturated carbocycles. The van der Waals surface area contributed by atoms with E-state index in [1.807, 2.05) is 0 Å². The second-order valence-corrected chi connectivity index (χ2v) is 6.93. The van der Waals surface area contributed by atoms with Crippen molar-refractivity contribution in [1.82, 2.24) is 0 Å². The molecule has 5 nitrogen and oxygen atoms in total. The van der Waals surface area contributed by atoms with Crippen LogP contribution in [-0.2, 0) is 13.8 Å². The molecule has 2 aliphatic rings. The van der Waals surface area contributed by atoms with Gasteiger partial charge in [-0.05, 0) is 52.4 Å². The van der Waals surface area contributed by atoms with Crippen molar-refractivity contribution in [2.24, 2.45) is 0 Å². The van der Waals surface area contributed by atoms with Crippen LogP contribution in [0.15, 0.2) is 0 Å². The standard InChI is InChI=1S/C14H30N2O3P/c1-3-15(11-7-5-8-12-15)18-20(17)19-16(4-2)13-9-6-10-14-16/h3-14H2,1-2H3/q+3. The van der Waals surface area contributed by atoms with Crippen LogP contribution in [0.1, 0.15) is 52.4 Å². The van der Waals surface area contributed by atoms with E-state index in [1.54, 1.807) is 0 Å². The molecule has 116 valence electrons. The average molecular weight is 305 g/mol. The lowest BCUT2D eigenvalue weighted by atomic mass is 10.1. The second-order valence-electron chi connectivity index (χ2n) is 6.15. The van der Waals surface area contributed by atoms with Crippen molar-refractivity contribution in [1.29, 1.82) is 0 Å². The fourth-order valence-electron chi connectivity index (χ4n) is 3.39. The highest BCUT2D eigenvalue weighted by Gasteiger charge is 2.49. The molecule has 0 aromatic rings. The van der Waals surface area contributed by atoms with E-state index in [1.165, 1.54) is 12.8 Å². The van der Waals surface area contributed by atoms with Crippen LogP contribution in [0.3, 0.4) is 0 Å². The zero-order valence-corrected chi connectivity index (χ0v) is 13.9. The van der Waals surface area contributed by atoms with E-state index in [-0.39, 0.29) is 0 Å². The smallest absolute Gasteiger partial charge is 0.127 e. The lowest BCUT2D eigenvalue weighted by Crippen LogP contribution is -2.52. The summed E-state index contributed by atoms with van der Waals surface area (Å²) in [7, 11) is -2.04. The Morgan fingerprint density at radius 1 is 0.750 bits per heavy atom. The molecule has 0 bridgehead atoms. The molecule has 0 radical (unpaired) electrons. The Morgan fingerprint density at radius 2 is 1.10 bits per heavy atom. The zero-order valence-electron chi connectivity index (χ0n) is 13.1. The van der Waals surface area contributed by atoms with Crippen LogP contribution >= 0.6 is 8.25 Å². The molecule has 0 aromatic carbocycles. The van der Waals surface area contributed by atoms with Crippen molar-refractivity contribution in [3.05, 3.63) is 0 Å². The first-order chi connectivity index (χ1) is 9.64. The van der Waals surface area contributed by atoms with Crippen LogP contribution in [-0.4, -0.2) is 48.6 Å². The summed E-state index contributed by atoms with van der Waals surface area (Å²) >= 11 is 0. The van der Waals surface area contributed by atoms with Gasteiger partial charge in [-0.3, -0.25) is 0 Å². The van der Waals surface area contributed by atoms with Crippen molar-refractivity contribution in [3.63, 3.8) is 0 Å². The van der Waals surface area contributed by atoms with E-state index < -0.39 is 8.25 Å². The first-order valence-electron chi connectivity index (χ1n) is 8.22. The van der Waals surface area contributed by atoms with Crippen molar-refractivity contribution < 1.29 is 23.1 Å². The molecule has 20 heavy (non-hydrogen) atoms. The van der Waals surface area contributed by atoms with Crippen molar-refractivity contribution in [2.75, 3.05) is 39.3 Å². The van der Waals surface area contributed by atoms with Gasteiger partial charge in [-0.25, -0.2) is 0 Å². The maximum absolute atomic E-state index is 12.4. The monoisotopic (exact) mass is 305 g/mol. The van der Waals surface area contributed by atoms with Gasteiger partial charge in [-0.1, -0.05) is 0 Å². The van der Waals surface area contributed by atoms with Crippen LogP contribution in [0.25, 0.3) is 0 Å². The SMILES string of the molecule is CC[N+]1(O[P+](=O)O[N+]2(CC)CCCCC2)CCCCC1. The maximum atomic E-state index is 12.4. The number of likely N-dealkylation sites (tertiary alicyclic amines) is 2. The van der Waals surface area contributed by atoms with Crippen LogP contribution in [0.4, 0.5) is 0 Å². The van der Waals surface area contributed by atoms with Gasteiger partial charge in [0.05, 0.1) is 9.25 Å². The zero-order chi connectivity index (χ0) is 14.5. The third kappa shape index (κ3) is 3.99.